The van der Waals surface area contributed by atoms with Gasteiger partial charge < -0.3 is 0 Å². The summed E-state index contributed by atoms with van der Waals surface area (Å²) in [7, 11) is 0. The van der Waals surface area contributed by atoms with Crippen LogP contribution in [-0.4, -0.2) is 29.4 Å². The summed E-state index contributed by atoms with van der Waals surface area (Å²) in [5.74, 6) is -2.12. The Morgan fingerprint density at radius 1 is 1.00 bits per heavy atom. The molecule has 1 fully saturated rings. The minimum absolute atomic E-state index is 0.105. The van der Waals surface area contributed by atoms with Crippen LogP contribution in [0.3, 0.4) is 0 Å². The Hall–Kier alpha value is -2.99. The highest BCUT2D eigenvalue weighted by atomic mass is 35.5. The first-order valence-electron chi connectivity index (χ1n) is 8.90. The lowest BCUT2D eigenvalue weighted by Gasteiger charge is -2.24. The predicted octanol–water partition coefficient (Wildman–Crippen LogP) is 3.28. The fraction of sp³-hybridized carbons (Fsp3) is 0.238. The maximum absolute atomic E-state index is 13.4. The number of fused-ring (bicyclic) bond motifs is 1. The predicted molar refractivity (Wildman–Crippen MR) is 108 cm³/mol. The summed E-state index contributed by atoms with van der Waals surface area (Å²) in [6, 6.07) is 11.6. The molecule has 6 nitrogen and oxygen atoms in total. The molecule has 2 atom stereocenters. The van der Waals surface area contributed by atoms with Gasteiger partial charge >= 0.3 is 0 Å². The van der Waals surface area contributed by atoms with Gasteiger partial charge in [-0.15, -0.1) is 0 Å². The first kappa shape index (κ1) is 18.4. The van der Waals surface area contributed by atoms with Crippen LogP contribution >= 0.6 is 11.6 Å². The zero-order valence-electron chi connectivity index (χ0n) is 15.6. The maximum atomic E-state index is 13.4. The minimum Gasteiger partial charge on any atom is -0.293 e. The lowest BCUT2D eigenvalue weighted by atomic mass is 9.95. The molecule has 2 heterocycles. The first-order valence-corrected chi connectivity index (χ1v) is 9.28. The van der Waals surface area contributed by atoms with Gasteiger partial charge in [0.15, 0.2) is 5.78 Å². The van der Waals surface area contributed by atoms with Crippen molar-refractivity contribution in [1.82, 2.24) is 0 Å². The van der Waals surface area contributed by atoms with Crippen LogP contribution in [0.15, 0.2) is 47.6 Å². The van der Waals surface area contributed by atoms with E-state index in [1.165, 1.54) is 11.9 Å². The van der Waals surface area contributed by atoms with E-state index in [4.69, 9.17) is 11.6 Å². The molecule has 0 saturated carbocycles. The maximum Gasteiger partial charge on any atom is 0.259 e. The van der Waals surface area contributed by atoms with E-state index in [9.17, 15) is 14.4 Å². The molecule has 2 amide bonds. The zero-order chi connectivity index (χ0) is 20.2. The Labute approximate surface area is 167 Å². The van der Waals surface area contributed by atoms with Crippen LogP contribution in [0.2, 0.25) is 5.02 Å². The number of para-hydroxylation sites is 1. The highest BCUT2D eigenvalue weighted by molar-refractivity contribution is 6.49. The Morgan fingerprint density at radius 3 is 2.36 bits per heavy atom. The summed E-state index contributed by atoms with van der Waals surface area (Å²) >= 11 is 6.20. The van der Waals surface area contributed by atoms with Gasteiger partial charge in [0.25, 0.3) is 5.91 Å². The van der Waals surface area contributed by atoms with Gasteiger partial charge in [0, 0.05) is 11.9 Å². The summed E-state index contributed by atoms with van der Waals surface area (Å²) in [6.07, 6.45) is 0. The molecule has 0 unspecified atom stereocenters. The molecule has 28 heavy (non-hydrogen) atoms. The number of hydrazone groups is 1. The Bertz CT molecular complexity index is 1060. The molecule has 2 aliphatic rings. The van der Waals surface area contributed by atoms with Gasteiger partial charge in [0.1, 0.15) is 17.7 Å². The summed E-state index contributed by atoms with van der Waals surface area (Å²) in [4.78, 5) is 39.9. The summed E-state index contributed by atoms with van der Waals surface area (Å²) in [5, 5.41) is 6.35. The van der Waals surface area contributed by atoms with Crippen molar-refractivity contribution in [2.24, 2.45) is 11.0 Å². The Kier molecular flexibility index (Phi) is 4.31. The Morgan fingerprint density at radius 2 is 1.68 bits per heavy atom. The van der Waals surface area contributed by atoms with E-state index in [0.29, 0.717) is 22.0 Å². The lowest BCUT2D eigenvalue weighted by Crippen LogP contribution is -2.39. The zero-order valence-corrected chi connectivity index (χ0v) is 16.4. The van der Waals surface area contributed by atoms with Crippen molar-refractivity contribution in [2.75, 3.05) is 9.91 Å². The molecule has 4 rings (SSSR count). The SMILES string of the molecule is CC(=O)C1=NN(c2ccccc2C)[C@H]2C(=O)N(c3cccc(Cl)c3C)C(=O)[C@H]12. The average Bonchev–Trinajstić information content (AvgIpc) is 3.16. The van der Waals surface area contributed by atoms with Crippen LogP contribution in [-0.2, 0) is 14.4 Å². The molecule has 1 saturated heterocycles. The van der Waals surface area contributed by atoms with Crippen LogP contribution < -0.4 is 9.91 Å². The van der Waals surface area contributed by atoms with Gasteiger partial charge in [0.2, 0.25) is 5.91 Å². The van der Waals surface area contributed by atoms with E-state index in [-0.39, 0.29) is 11.5 Å². The standard InChI is InChI=1S/C21H18ClN3O3/c1-11-7-4-5-9-15(11)25-19-17(18(23-25)13(3)26)20(27)24(21(19)28)16-10-6-8-14(22)12(16)2/h4-10,17,19H,1-3H3/t17-,19-/m1/s1. The second-order valence-electron chi connectivity index (χ2n) is 6.99. The number of nitrogens with zero attached hydrogens (tertiary/aromatic N) is 3. The number of hydrogen-bond acceptors (Lipinski definition) is 5. The topological polar surface area (TPSA) is 70.1 Å². The van der Waals surface area contributed by atoms with Gasteiger partial charge in [-0.2, -0.15) is 5.10 Å². The highest BCUT2D eigenvalue weighted by Crippen LogP contribution is 2.40. The molecular weight excluding hydrogens is 378 g/mol. The monoisotopic (exact) mass is 395 g/mol. The van der Waals surface area contributed by atoms with Crippen molar-refractivity contribution in [1.29, 1.82) is 0 Å². The number of anilines is 2. The lowest BCUT2D eigenvalue weighted by molar-refractivity contribution is -0.122. The largest absolute Gasteiger partial charge is 0.293 e. The normalized spacial score (nSPS) is 21.2. The number of hydrogen-bond donors (Lipinski definition) is 0. The Balaban J connectivity index is 1.86. The number of Topliss-reactive ketones (excluding diaryl/α,β-unsaturated/α-hetero) is 1. The van der Waals surface area contributed by atoms with E-state index in [0.717, 1.165) is 10.5 Å². The molecule has 0 spiro atoms. The number of benzene rings is 2. The number of aryl methyl sites for hydroxylation is 1. The molecule has 0 bridgehead atoms. The van der Waals surface area contributed by atoms with E-state index < -0.39 is 23.8 Å². The minimum atomic E-state index is -0.928. The molecular formula is C21H18ClN3O3. The second-order valence-corrected chi connectivity index (χ2v) is 7.40. The van der Waals surface area contributed by atoms with Gasteiger partial charge in [-0.1, -0.05) is 35.9 Å². The van der Waals surface area contributed by atoms with Crippen LogP contribution in [0.5, 0.6) is 0 Å². The van der Waals surface area contributed by atoms with E-state index >= 15 is 0 Å². The third-order valence-electron chi connectivity index (χ3n) is 5.25. The summed E-state index contributed by atoms with van der Waals surface area (Å²) < 4.78 is 0. The average molecular weight is 396 g/mol. The number of ketones is 1. The first-order chi connectivity index (χ1) is 13.3. The van der Waals surface area contributed by atoms with Crippen molar-refractivity contribution in [2.45, 2.75) is 26.8 Å². The summed E-state index contributed by atoms with van der Waals surface area (Å²) in [6.45, 7) is 5.01. The highest BCUT2D eigenvalue weighted by Gasteiger charge is 2.58. The molecule has 2 aromatic rings. The van der Waals surface area contributed by atoms with Gasteiger partial charge in [0.05, 0.1) is 11.4 Å². The van der Waals surface area contributed by atoms with Gasteiger partial charge in [-0.05, 0) is 43.2 Å². The van der Waals surface area contributed by atoms with E-state index in [1.807, 2.05) is 31.2 Å². The van der Waals surface area contributed by atoms with Crippen LogP contribution in [0, 0.1) is 19.8 Å². The molecule has 7 heteroatoms. The third-order valence-corrected chi connectivity index (χ3v) is 5.66. The second kappa shape index (κ2) is 6.56. The number of amides is 2. The fourth-order valence-electron chi connectivity index (χ4n) is 3.80. The fourth-order valence-corrected chi connectivity index (χ4v) is 3.97. The molecule has 0 radical (unpaired) electrons. The van der Waals surface area contributed by atoms with E-state index in [2.05, 4.69) is 5.10 Å². The van der Waals surface area contributed by atoms with Crippen LogP contribution in [0.4, 0.5) is 11.4 Å². The van der Waals surface area contributed by atoms with Crippen molar-refractivity contribution < 1.29 is 14.4 Å². The number of halogens is 1. The third kappa shape index (κ3) is 2.56. The smallest absolute Gasteiger partial charge is 0.259 e. The van der Waals surface area contributed by atoms with E-state index in [1.54, 1.807) is 25.1 Å². The number of carbonyl (C=O) groups is 3. The van der Waals surface area contributed by atoms with Crippen molar-refractivity contribution in [3.05, 3.63) is 58.6 Å². The number of rotatable bonds is 3. The molecule has 0 N–H and O–H groups in total. The number of carbonyl (C=O) groups excluding carboxylic acids is 3. The molecule has 0 aromatic heterocycles. The van der Waals surface area contributed by atoms with Crippen LogP contribution in [0.25, 0.3) is 0 Å². The molecule has 0 aliphatic carbocycles. The molecule has 2 aromatic carbocycles. The summed E-state index contributed by atoms with van der Waals surface area (Å²) in [5.41, 5.74) is 2.76. The van der Waals surface area contributed by atoms with Crippen molar-refractivity contribution in [3.63, 3.8) is 0 Å². The quantitative estimate of drug-likeness (QED) is 0.748. The van der Waals surface area contributed by atoms with Crippen molar-refractivity contribution >= 4 is 46.3 Å². The molecule has 142 valence electrons. The van der Waals surface area contributed by atoms with Crippen molar-refractivity contribution in [3.8, 4) is 0 Å². The molecule has 2 aliphatic heterocycles. The number of imide groups is 1. The van der Waals surface area contributed by atoms with Crippen LogP contribution in [0.1, 0.15) is 18.1 Å². The van der Waals surface area contributed by atoms with Gasteiger partial charge in [-0.3, -0.25) is 19.4 Å². The van der Waals surface area contributed by atoms with Gasteiger partial charge in [-0.25, -0.2) is 4.90 Å².